The van der Waals surface area contributed by atoms with Crippen LogP contribution in [0.5, 0.6) is 0 Å². The van der Waals surface area contributed by atoms with E-state index in [4.69, 9.17) is 9.84 Å². The Morgan fingerprint density at radius 3 is 2.61 bits per heavy atom. The van der Waals surface area contributed by atoms with Crippen molar-refractivity contribution in [1.29, 1.82) is 0 Å². The van der Waals surface area contributed by atoms with Crippen LogP contribution in [-0.4, -0.2) is 26.6 Å². The zero-order chi connectivity index (χ0) is 17.0. The van der Waals surface area contributed by atoms with Gasteiger partial charge < -0.3 is 9.84 Å². The van der Waals surface area contributed by atoms with E-state index in [9.17, 15) is 17.6 Å². The van der Waals surface area contributed by atoms with Gasteiger partial charge in [0, 0.05) is 12.8 Å². The number of nitrogens with one attached hydrogen (secondary N) is 1. The third kappa shape index (κ3) is 3.85. The van der Waals surface area contributed by atoms with Crippen LogP contribution in [0.4, 0.5) is 10.1 Å². The largest absolute Gasteiger partial charge is 0.478 e. The van der Waals surface area contributed by atoms with Crippen LogP contribution in [0.15, 0.2) is 47.4 Å². The highest BCUT2D eigenvalue weighted by molar-refractivity contribution is 7.92. The SMILES string of the molecule is COCc1ccccc1S(=O)(=O)Nc1ccc(F)c(C(=O)O)c1. The van der Waals surface area contributed by atoms with Gasteiger partial charge in [-0.2, -0.15) is 0 Å². The Balaban J connectivity index is 2.39. The van der Waals surface area contributed by atoms with E-state index in [1.165, 1.54) is 13.2 Å². The molecule has 0 atom stereocenters. The lowest BCUT2D eigenvalue weighted by Crippen LogP contribution is -2.16. The quantitative estimate of drug-likeness (QED) is 0.843. The lowest BCUT2D eigenvalue weighted by atomic mass is 10.2. The maximum atomic E-state index is 13.4. The van der Waals surface area contributed by atoms with E-state index < -0.39 is 27.4 Å². The number of halogens is 1. The van der Waals surface area contributed by atoms with Crippen LogP contribution in [0.2, 0.25) is 0 Å². The number of rotatable bonds is 6. The first-order valence-corrected chi connectivity index (χ1v) is 7.96. The Kier molecular flexibility index (Phi) is 4.97. The van der Waals surface area contributed by atoms with Crippen molar-refractivity contribution in [2.45, 2.75) is 11.5 Å². The number of aromatic carboxylic acids is 1. The normalized spacial score (nSPS) is 11.2. The van der Waals surface area contributed by atoms with Crippen LogP contribution in [0.25, 0.3) is 0 Å². The molecule has 23 heavy (non-hydrogen) atoms. The molecule has 122 valence electrons. The van der Waals surface area contributed by atoms with Gasteiger partial charge >= 0.3 is 5.97 Å². The monoisotopic (exact) mass is 339 g/mol. The number of anilines is 1. The number of methoxy groups -OCH3 is 1. The summed E-state index contributed by atoms with van der Waals surface area (Å²) in [6.45, 7) is 0.0981. The second kappa shape index (κ2) is 6.76. The zero-order valence-electron chi connectivity index (χ0n) is 12.1. The van der Waals surface area contributed by atoms with Crippen LogP contribution in [0.3, 0.4) is 0 Å². The Morgan fingerprint density at radius 1 is 1.26 bits per heavy atom. The van der Waals surface area contributed by atoms with E-state index in [1.54, 1.807) is 18.2 Å². The number of carboxylic acid groups (broad SMARTS) is 1. The van der Waals surface area contributed by atoms with Crippen molar-refractivity contribution in [1.82, 2.24) is 0 Å². The van der Waals surface area contributed by atoms with Crippen LogP contribution in [-0.2, 0) is 21.4 Å². The fourth-order valence-electron chi connectivity index (χ4n) is 2.00. The average molecular weight is 339 g/mol. The highest BCUT2D eigenvalue weighted by atomic mass is 32.2. The van der Waals surface area contributed by atoms with Gasteiger partial charge in [-0.1, -0.05) is 18.2 Å². The maximum Gasteiger partial charge on any atom is 0.338 e. The number of ether oxygens (including phenoxy) is 1. The summed E-state index contributed by atoms with van der Waals surface area (Å²) >= 11 is 0. The molecule has 2 aromatic carbocycles. The molecule has 6 nitrogen and oxygen atoms in total. The Bertz CT molecular complexity index is 836. The van der Waals surface area contributed by atoms with Crippen molar-refractivity contribution in [3.05, 3.63) is 59.4 Å². The lowest BCUT2D eigenvalue weighted by Gasteiger charge is -2.12. The number of carbonyl (C=O) groups is 1. The molecule has 0 saturated heterocycles. The second-order valence-electron chi connectivity index (χ2n) is 4.65. The topological polar surface area (TPSA) is 92.7 Å². The molecule has 0 heterocycles. The maximum absolute atomic E-state index is 13.4. The summed E-state index contributed by atoms with van der Waals surface area (Å²) in [7, 11) is -2.53. The fourth-order valence-corrected chi connectivity index (χ4v) is 3.28. The predicted octanol–water partition coefficient (Wildman–Crippen LogP) is 2.47. The summed E-state index contributed by atoms with van der Waals surface area (Å²) in [6, 6.07) is 9.20. The van der Waals surface area contributed by atoms with Gasteiger partial charge in [-0.3, -0.25) is 4.72 Å². The van der Waals surface area contributed by atoms with Gasteiger partial charge in [0.25, 0.3) is 10.0 Å². The number of benzene rings is 2. The molecule has 0 aromatic heterocycles. The molecule has 0 radical (unpaired) electrons. The van der Waals surface area contributed by atoms with Gasteiger partial charge in [-0.05, 0) is 29.8 Å². The lowest BCUT2D eigenvalue weighted by molar-refractivity contribution is 0.0692. The first-order chi connectivity index (χ1) is 10.8. The number of sulfonamides is 1. The van der Waals surface area contributed by atoms with Crippen LogP contribution >= 0.6 is 0 Å². The zero-order valence-corrected chi connectivity index (χ0v) is 12.9. The third-order valence-corrected chi connectivity index (χ3v) is 4.49. The number of hydrogen-bond donors (Lipinski definition) is 2. The molecular weight excluding hydrogens is 325 g/mol. The second-order valence-corrected chi connectivity index (χ2v) is 6.30. The van der Waals surface area contributed by atoms with Crippen molar-refractivity contribution in [2.24, 2.45) is 0 Å². The summed E-state index contributed by atoms with van der Waals surface area (Å²) < 4.78 is 45.5. The summed E-state index contributed by atoms with van der Waals surface area (Å²) in [5.74, 6) is -2.43. The average Bonchev–Trinajstić information content (AvgIpc) is 2.49. The van der Waals surface area contributed by atoms with E-state index in [0.717, 1.165) is 18.2 Å². The molecular formula is C15H14FNO5S. The smallest absolute Gasteiger partial charge is 0.338 e. The number of carboxylic acids is 1. The minimum Gasteiger partial charge on any atom is -0.478 e. The molecule has 8 heteroatoms. The van der Waals surface area contributed by atoms with Crippen molar-refractivity contribution in [3.63, 3.8) is 0 Å². The Hall–Kier alpha value is -2.45. The number of hydrogen-bond acceptors (Lipinski definition) is 4. The molecule has 0 spiro atoms. The molecule has 2 N–H and O–H groups in total. The van der Waals surface area contributed by atoms with Crippen molar-refractivity contribution < 1.29 is 27.4 Å². The molecule has 0 bridgehead atoms. The minimum atomic E-state index is -3.97. The summed E-state index contributed by atoms with van der Waals surface area (Å²) in [4.78, 5) is 10.9. The Morgan fingerprint density at radius 2 is 1.96 bits per heavy atom. The van der Waals surface area contributed by atoms with Gasteiger partial charge in [0.2, 0.25) is 0 Å². The molecule has 0 amide bonds. The summed E-state index contributed by atoms with van der Waals surface area (Å²) in [6.07, 6.45) is 0. The van der Waals surface area contributed by atoms with E-state index in [1.807, 2.05) is 0 Å². The van der Waals surface area contributed by atoms with E-state index in [2.05, 4.69) is 4.72 Å². The molecule has 0 aliphatic heterocycles. The first kappa shape index (κ1) is 16.9. The molecule has 0 unspecified atom stereocenters. The molecule has 2 aromatic rings. The minimum absolute atomic E-state index is 0.00282. The molecule has 0 aliphatic rings. The predicted molar refractivity (Wildman–Crippen MR) is 81.3 cm³/mol. The standard InChI is InChI=1S/C15H14FNO5S/c1-22-9-10-4-2-3-5-14(10)23(20,21)17-11-6-7-13(16)12(8-11)15(18)19/h2-8,17H,9H2,1H3,(H,18,19). The van der Waals surface area contributed by atoms with E-state index in [0.29, 0.717) is 5.56 Å². The highest BCUT2D eigenvalue weighted by Crippen LogP contribution is 2.22. The molecule has 0 aliphatic carbocycles. The van der Waals surface area contributed by atoms with Crippen molar-refractivity contribution in [3.8, 4) is 0 Å². The van der Waals surface area contributed by atoms with Gasteiger partial charge in [0.15, 0.2) is 0 Å². The third-order valence-electron chi connectivity index (χ3n) is 3.01. The molecule has 0 fully saturated rings. The first-order valence-electron chi connectivity index (χ1n) is 6.47. The van der Waals surface area contributed by atoms with Crippen LogP contribution < -0.4 is 4.72 Å². The van der Waals surface area contributed by atoms with E-state index >= 15 is 0 Å². The van der Waals surface area contributed by atoms with Crippen molar-refractivity contribution >= 4 is 21.7 Å². The summed E-state index contributed by atoms with van der Waals surface area (Å²) in [5.41, 5.74) is -0.213. The van der Waals surface area contributed by atoms with Crippen molar-refractivity contribution in [2.75, 3.05) is 11.8 Å². The van der Waals surface area contributed by atoms with Gasteiger partial charge in [-0.15, -0.1) is 0 Å². The summed E-state index contributed by atoms with van der Waals surface area (Å²) in [5, 5.41) is 8.89. The van der Waals surface area contributed by atoms with Crippen LogP contribution in [0.1, 0.15) is 15.9 Å². The van der Waals surface area contributed by atoms with Crippen LogP contribution in [0, 0.1) is 5.82 Å². The highest BCUT2D eigenvalue weighted by Gasteiger charge is 2.19. The van der Waals surface area contributed by atoms with E-state index in [-0.39, 0.29) is 17.2 Å². The Labute approximate surface area is 132 Å². The van der Waals surface area contributed by atoms with Gasteiger partial charge in [0.1, 0.15) is 5.82 Å². The fraction of sp³-hybridized carbons (Fsp3) is 0.133. The van der Waals surface area contributed by atoms with Gasteiger partial charge in [0.05, 0.1) is 17.1 Å². The van der Waals surface area contributed by atoms with Gasteiger partial charge in [-0.25, -0.2) is 17.6 Å². The molecule has 0 saturated carbocycles. The molecule has 2 rings (SSSR count).